The van der Waals surface area contributed by atoms with Gasteiger partial charge in [0.1, 0.15) is 6.10 Å². The quantitative estimate of drug-likeness (QED) is 0.810. The Kier molecular flexibility index (Phi) is 3.21. The summed E-state index contributed by atoms with van der Waals surface area (Å²) in [7, 11) is 0. The number of hydrogen-bond acceptors (Lipinski definition) is 1. The summed E-state index contributed by atoms with van der Waals surface area (Å²) in [6.45, 7) is 8.61. The summed E-state index contributed by atoms with van der Waals surface area (Å²) in [4.78, 5) is 0. The molecule has 0 saturated heterocycles. The Balaban J connectivity index is 2.42. The molecule has 0 radical (unpaired) electrons. The van der Waals surface area contributed by atoms with Crippen LogP contribution in [0.4, 0.5) is 0 Å². The fourth-order valence-electron chi connectivity index (χ4n) is 2.61. The maximum atomic E-state index is 10.5. The summed E-state index contributed by atoms with van der Waals surface area (Å²) in [5, 5.41) is 10.5. The first-order valence-electron chi connectivity index (χ1n) is 6.15. The second kappa shape index (κ2) is 4.50. The van der Waals surface area contributed by atoms with Gasteiger partial charge in [0.2, 0.25) is 0 Å². The largest absolute Gasteiger partial charge is 0.384 e. The highest BCUT2D eigenvalue weighted by atomic mass is 16.3. The molecular formula is C16H20O. The molecule has 1 aliphatic rings. The van der Waals surface area contributed by atoms with E-state index in [4.69, 9.17) is 0 Å². The van der Waals surface area contributed by atoms with Crippen LogP contribution in [0.2, 0.25) is 0 Å². The molecule has 1 nitrogen and oxygen atoms in total. The highest BCUT2D eigenvalue weighted by Crippen LogP contribution is 2.42. The van der Waals surface area contributed by atoms with Gasteiger partial charge in [0.15, 0.2) is 0 Å². The standard InChI is InChI=1S/C16H20O/c1-10-11(2)13(4)15(12(10)3)16(17)14-8-6-5-7-9-14/h5-10,16-17H,1-4H3. The Bertz CT molecular complexity index is 480. The van der Waals surface area contributed by atoms with Crippen molar-refractivity contribution in [3.05, 3.63) is 58.2 Å². The zero-order valence-corrected chi connectivity index (χ0v) is 11.0. The maximum absolute atomic E-state index is 10.5. The van der Waals surface area contributed by atoms with E-state index in [1.807, 2.05) is 30.3 Å². The first-order valence-corrected chi connectivity index (χ1v) is 6.15. The number of benzene rings is 1. The van der Waals surface area contributed by atoms with Crippen molar-refractivity contribution in [2.75, 3.05) is 0 Å². The topological polar surface area (TPSA) is 20.2 Å². The van der Waals surface area contributed by atoms with Crippen LogP contribution in [0.15, 0.2) is 52.6 Å². The Morgan fingerprint density at radius 1 is 1.00 bits per heavy atom. The van der Waals surface area contributed by atoms with Gasteiger partial charge in [-0.2, -0.15) is 0 Å². The second-order valence-corrected chi connectivity index (χ2v) is 4.94. The van der Waals surface area contributed by atoms with E-state index in [-0.39, 0.29) is 0 Å². The molecule has 2 unspecified atom stereocenters. The molecular weight excluding hydrogens is 208 g/mol. The predicted octanol–water partition coefficient (Wildman–Crippen LogP) is 4.02. The van der Waals surface area contributed by atoms with Gasteiger partial charge in [0.05, 0.1) is 0 Å². The molecule has 0 bridgehead atoms. The van der Waals surface area contributed by atoms with E-state index in [0.717, 1.165) is 11.1 Å². The minimum Gasteiger partial charge on any atom is -0.384 e. The third-order valence-electron chi connectivity index (χ3n) is 4.11. The molecule has 0 spiro atoms. The lowest BCUT2D eigenvalue weighted by molar-refractivity contribution is 0.217. The number of aliphatic hydroxyl groups excluding tert-OH is 1. The van der Waals surface area contributed by atoms with Gasteiger partial charge in [-0.3, -0.25) is 0 Å². The van der Waals surface area contributed by atoms with Gasteiger partial charge < -0.3 is 5.11 Å². The van der Waals surface area contributed by atoms with Crippen LogP contribution in [0.5, 0.6) is 0 Å². The maximum Gasteiger partial charge on any atom is 0.104 e. The Hall–Kier alpha value is -1.34. The molecule has 1 aromatic carbocycles. The first kappa shape index (κ1) is 12.1. The molecule has 0 fully saturated rings. The van der Waals surface area contributed by atoms with Crippen LogP contribution in [-0.4, -0.2) is 5.11 Å². The molecule has 0 amide bonds. The van der Waals surface area contributed by atoms with Gasteiger partial charge in [-0.1, -0.05) is 48.4 Å². The van der Waals surface area contributed by atoms with Crippen molar-refractivity contribution >= 4 is 0 Å². The fourth-order valence-corrected chi connectivity index (χ4v) is 2.61. The van der Waals surface area contributed by atoms with Crippen LogP contribution in [0.1, 0.15) is 39.4 Å². The highest BCUT2D eigenvalue weighted by Gasteiger charge is 2.27. The summed E-state index contributed by atoms with van der Waals surface area (Å²) in [6, 6.07) is 9.88. The summed E-state index contributed by atoms with van der Waals surface area (Å²) >= 11 is 0. The Morgan fingerprint density at radius 2 is 1.59 bits per heavy atom. The number of allylic oxidation sites excluding steroid dienone is 2. The van der Waals surface area contributed by atoms with Gasteiger partial charge in [-0.05, 0) is 43.4 Å². The molecule has 2 atom stereocenters. The minimum atomic E-state index is -0.490. The van der Waals surface area contributed by atoms with Crippen molar-refractivity contribution in [2.24, 2.45) is 5.92 Å². The fraction of sp³-hybridized carbons (Fsp3) is 0.375. The lowest BCUT2D eigenvalue weighted by Crippen LogP contribution is -2.03. The van der Waals surface area contributed by atoms with E-state index in [9.17, 15) is 5.11 Å². The van der Waals surface area contributed by atoms with Crippen LogP contribution in [0, 0.1) is 5.92 Å². The van der Waals surface area contributed by atoms with Crippen LogP contribution < -0.4 is 0 Å². The molecule has 17 heavy (non-hydrogen) atoms. The molecule has 2 rings (SSSR count). The van der Waals surface area contributed by atoms with Crippen molar-refractivity contribution in [3.63, 3.8) is 0 Å². The molecule has 0 heterocycles. The summed E-state index contributed by atoms with van der Waals surface area (Å²) < 4.78 is 0. The van der Waals surface area contributed by atoms with E-state index in [1.165, 1.54) is 16.7 Å². The van der Waals surface area contributed by atoms with Crippen LogP contribution in [-0.2, 0) is 0 Å². The zero-order chi connectivity index (χ0) is 12.6. The lowest BCUT2D eigenvalue weighted by atomic mass is 9.94. The highest BCUT2D eigenvalue weighted by molar-refractivity contribution is 5.50. The second-order valence-electron chi connectivity index (χ2n) is 4.94. The van der Waals surface area contributed by atoms with Crippen LogP contribution >= 0.6 is 0 Å². The number of hydrogen-bond donors (Lipinski definition) is 1. The molecule has 0 aromatic heterocycles. The van der Waals surface area contributed by atoms with E-state index in [1.54, 1.807) is 0 Å². The summed E-state index contributed by atoms with van der Waals surface area (Å²) in [6.07, 6.45) is -0.490. The molecule has 1 N–H and O–H groups in total. The Labute approximate surface area is 103 Å². The molecule has 90 valence electrons. The SMILES string of the molecule is CC1=C(C)C(C)C(C)=C1C(O)c1ccccc1. The normalized spacial score (nSPS) is 22.3. The third kappa shape index (κ3) is 1.96. The van der Waals surface area contributed by atoms with Crippen molar-refractivity contribution in [1.82, 2.24) is 0 Å². The van der Waals surface area contributed by atoms with E-state index in [2.05, 4.69) is 27.7 Å². The molecule has 0 saturated carbocycles. The average molecular weight is 228 g/mol. The Morgan fingerprint density at radius 3 is 2.06 bits per heavy atom. The number of rotatable bonds is 2. The number of aliphatic hydroxyl groups is 1. The van der Waals surface area contributed by atoms with Crippen molar-refractivity contribution < 1.29 is 5.11 Å². The molecule has 1 aromatic rings. The first-order chi connectivity index (χ1) is 8.04. The summed E-state index contributed by atoms with van der Waals surface area (Å²) in [5.74, 6) is 0.461. The van der Waals surface area contributed by atoms with Gasteiger partial charge in [-0.25, -0.2) is 0 Å². The smallest absolute Gasteiger partial charge is 0.104 e. The molecule has 1 aliphatic carbocycles. The average Bonchev–Trinajstić information content (AvgIpc) is 2.54. The van der Waals surface area contributed by atoms with Crippen molar-refractivity contribution in [3.8, 4) is 0 Å². The van der Waals surface area contributed by atoms with Gasteiger partial charge in [-0.15, -0.1) is 0 Å². The van der Waals surface area contributed by atoms with Crippen LogP contribution in [0.3, 0.4) is 0 Å². The van der Waals surface area contributed by atoms with E-state index in [0.29, 0.717) is 5.92 Å². The van der Waals surface area contributed by atoms with E-state index < -0.39 is 6.10 Å². The van der Waals surface area contributed by atoms with Gasteiger partial charge in [0.25, 0.3) is 0 Å². The predicted molar refractivity (Wildman–Crippen MR) is 71.6 cm³/mol. The van der Waals surface area contributed by atoms with Gasteiger partial charge >= 0.3 is 0 Å². The lowest BCUT2D eigenvalue weighted by Gasteiger charge is -2.16. The van der Waals surface area contributed by atoms with Crippen LogP contribution in [0.25, 0.3) is 0 Å². The zero-order valence-electron chi connectivity index (χ0n) is 11.0. The molecule has 0 aliphatic heterocycles. The summed E-state index contributed by atoms with van der Waals surface area (Å²) in [5.41, 5.74) is 6.03. The van der Waals surface area contributed by atoms with Crippen molar-refractivity contribution in [1.29, 1.82) is 0 Å². The third-order valence-corrected chi connectivity index (χ3v) is 4.11. The van der Waals surface area contributed by atoms with E-state index >= 15 is 0 Å². The monoisotopic (exact) mass is 228 g/mol. The van der Waals surface area contributed by atoms with Gasteiger partial charge in [0, 0.05) is 0 Å². The molecule has 1 heteroatoms. The van der Waals surface area contributed by atoms with Crippen molar-refractivity contribution in [2.45, 2.75) is 33.8 Å². The minimum absolute atomic E-state index is 0.461.